The molecule has 0 aliphatic rings. The molecule has 0 radical (unpaired) electrons. The average molecular weight is 534 g/mol. The van der Waals surface area contributed by atoms with Crippen LogP contribution in [0, 0.1) is 23.7 Å². The summed E-state index contributed by atoms with van der Waals surface area (Å²) in [6.45, 7) is 35.3. The molecule has 7 heteroatoms. The van der Waals surface area contributed by atoms with Gasteiger partial charge in [-0.3, -0.25) is 0 Å². The SMILES string of the molecule is CC(O)C(C)C(O[Si](C)(C)C(C)(C)C)C(C)CN(C)CC(C)C(O[Si](C)(C)C(C)(C)C)C(C)CO. The number of hydrogen-bond donors (Lipinski definition) is 2. The van der Waals surface area contributed by atoms with Gasteiger partial charge in [-0.1, -0.05) is 69.2 Å². The summed E-state index contributed by atoms with van der Waals surface area (Å²) in [5.74, 6) is 0.724. The van der Waals surface area contributed by atoms with Crippen LogP contribution >= 0.6 is 0 Å². The van der Waals surface area contributed by atoms with Crippen molar-refractivity contribution in [3.05, 3.63) is 0 Å². The van der Waals surface area contributed by atoms with Crippen LogP contribution in [0.1, 0.15) is 76.2 Å². The van der Waals surface area contributed by atoms with Gasteiger partial charge in [-0.05, 0) is 62.1 Å². The van der Waals surface area contributed by atoms with Gasteiger partial charge in [0.15, 0.2) is 16.6 Å². The maximum Gasteiger partial charge on any atom is 0.192 e. The smallest absolute Gasteiger partial charge is 0.192 e. The zero-order chi connectivity index (χ0) is 28.2. The zero-order valence-electron chi connectivity index (χ0n) is 26.3. The van der Waals surface area contributed by atoms with Crippen molar-refractivity contribution in [2.75, 3.05) is 26.7 Å². The Labute approximate surface area is 221 Å². The Morgan fingerprint density at radius 2 is 1.03 bits per heavy atom. The molecule has 0 fully saturated rings. The van der Waals surface area contributed by atoms with E-state index in [0.29, 0.717) is 0 Å². The van der Waals surface area contributed by atoms with E-state index < -0.39 is 22.7 Å². The van der Waals surface area contributed by atoms with Gasteiger partial charge in [0.05, 0.1) is 18.3 Å². The van der Waals surface area contributed by atoms with Gasteiger partial charge in [0.25, 0.3) is 0 Å². The van der Waals surface area contributed by atoms with Crippen LogP contribution in [-0.2, 0) is 8.85 Å². The maximum atomic E-state index is 10.4. The Balaban J connectivity index is 5.58. The topological polar surface area (TPSA) is 62.2 Å². The Bertz CT molecular complexity index is 613. The number of rotatable bonds is 14. The van der Waals surface area contributed by atoms with Gasteiger partial charge in [0.2, 0.25) is 0 Å². The van der Waals surface area contributed by atoms with Crippen LogP contribution in [0.25, 0.3) is 0 Å². The molecule has 0 bridgehead atoms. The van der Waals surface area contributed by atoms with Crippen LogP contribution < -0.4 is 0 Å². The Kier molecular flexibility index (Phi) is 13.4. The average Bonchev–Trinajstić information content (AvgIpc) is 2.66. The highest BCUT2D eigenvalue weighted by atomic mass is 28.4. The lowest BCUT2D eigenvalue weighted by Crippen LogP contribution is -2.51. The molecule has 35 heavy (non-hydrogen) atoms. The highest BCUT2D eigenvalue weighted by Gasteiger charge is 2.43. The lowest BCUT2D eigenvalue weighted by molar-refractivity contribution is -0.00368. The molecule has 0 aliphatic heterocycles. The van der Waals surface area contributed by atoms with Crippen LogP contribution in [0.3, 0.4) is 0 Å². The zero-order valence-corrected chi connectivity index (χ0v) is 28.3. The monoisotopic (exact) mass is 533 g/mol. The molecule has 0 aromatic carbocycles. The molecule has 212 valence electrons. The van der Waals surface area contributed by atoms with E-state index in [-0.39, 0.29) is 52.6 Å². The molecule has 0 heterocycles. The van der Waals surface area contributed by atoms with Crippen LogP contribution in [0.2, 0.25) is 36.3 Å². The third kappa shape index (κ3) is 10.5. The first-order valence-corrected chi connectivity index (χ1v) is 19.6. The van der Waals surface area contributed by atoms with Crippen LogP contribution in [0.5, 0.6) is 0 Å². The van der Waals surface area contributed by atoms with Gasteiger partial charge in [-0.25, -0.2) is 0 Å². The molecule has 0 aromatic heterocycles. The normalized spacial score (nSPS) is 20.3. The van der Waals surface area contributed by atoms with E-state index in [1.54, 1.807) is 0 Å². The fraction of sp³-hybridized carbons (Fsp3) is 1.00. The number of aliphatic hydroxyl groups excluding tert-OH is 2. The first-order valence-electron chi connectivity index (χ1n) is 13.8. The molecule has 0 aromatic rings. The predicted octanol–water partition coefficient (Wildman–Crippen LogP) is 6.62. The van der Waals surface area contributed by atoms with Crippen molar-refractivity contribution in [2.45, 2.75) is 131 Å². The van der Waals surface area contributed by atoms with E-state index in [1.165, 1.54) is 0 Å². The summed E-state index contributed by atoms with van der Waals surface area (Å²) in [6, 6.07) is 0. The fourth-order valence-corrected chi connectivity index (χ4v) is 7.19. The van der Waals surface area contributed by atoms with E-state index in [1.807, 2.05) is 6.92 Å². The van der Waals surface area contributed by atoms with E-state index >= 15 is 0 Å². The molecule has 0 spiro atoms. The first kappa shape index (κ1) is 35.2. The van der Waals surface area contributed by atoms with Gasteiger partial charge in [0.1, 0.15) is 0 Å². The van der Waals surface area contributed by atoms with Crippen molar-refractivity contribution in [1.82, 2.24) is 4.90 Å². The largest absolute Gasteiger partial charge is 0.413 e. The minimum Gasteiger partial charge on any atom is -0.413 e. The second kappa shape index (κ2) is 13.3. The van der Waals surface area contributed by atoms with Gasteiger partial charge in [0, 0.05) is 31.5 Å². The molecule has 7 unspecified atom stereocenters. The maximum absolute atomic E-state index is 10.4. The van der Waals surface area contributed by atoms with Crippen molar-refractivity contribution in [3.8, 4) is 0 Å². The molecule has 5 nitrogen and oxygen atoms in total. The second-order valence-corrected chi connectivity index (χ2v) is 24.1. The van der Waals surface area contributed by atoms with Crippen molar-refractivity contribution in [3.63, 3.8) is 0 Å². The fourth-order valence-electron chi connectivity index (χ4n) is 4.21. The summed E-state index contributed by atoms with van der Waals surface area (Å²) in [7, 11) is -1.76. The molecule has 0 saturated heterocycles. The Morgan fingerprint density at radius 3 is 1.34 bits per heavy atom. The van der Waals surface area contributed by atoms with Gasteiger partial charge in [-0.2, -0.15) is 0 Å². The van der Waals surface area contributed by atoms with Gasteiger partial charge >= 0.3 is 0 Å². The highest BCUT2D eigenvalue weighted by molar-refractivity contribution is 6.74. The summed E-state index contributed by atoms with van der Waals surface area (Å²) in [4.78, 5) is 2.39. The van der Waals surface area contributed by atoms with Crippen LogP contribution in [-0.4, -0.2) is 76.8 Å². The van der Waals surface area contributed by atoms with Crippen molar-refractivity contribution in [1.29, 1.82) is 0 Å². The molecular weight excluding hydrogens is 470 g/mol. The van der Waals surface area contributed by atoms with Crippen molar-refractivity contribution in [2.24, 2.45) is 23.7 Å². The lowest BCUT2D eigenvalue weighted by Gasteiger charge is -2.45. The predicted molar refractivity (Wildman–Crippen MR) is 157 cm³/mol. The lowest BCUT2D eigenvalue weighted by atomic mass is 9.89. The molecule has 2 N–H and O–H groups in total. The third-order valence-corrected chi connectivity index (χ3v) is 17.9. The van der Waals surface area contributed by atoms with Crippen LogP contribution in [0.15, 0.2) is 0 Å². The summed E-state index contributed by atoms with van der Waals surface area (Å²) >= 11 is 0. The molecule has 7 atom stereocenters. The standard InChI is InChI=1S/C28H63NO4Si2/c1-20(25(22(3)19-30)32-34(13,14)27(6,7)8)17-29(12)18-21(2)26(23(4)24(5)31)33-35(15,16)28(9,10)11/h20-26,30-31H,17-19H2,1-16H3. The van der Waals surface area contributed by atoms with E-state index in [4.69, 9.17) is 8.85 Å². The minimum absolute atomic E-state index is 0.00397. The number of hydrogen-bond acceptors (Lipinski definition) is 5. The molecule has 0 amide bonds. The molecule has 0 saturated carbocycles. The summed E-state index contributed by atoms with van der Waals surface area (Å²) in [5.41, 5.74) is 0. The summed E-state index contributed by atoms with van der Waals surface area (Å²) in [6.07, 6.45) is -0.386. The summed E-state index contributed by atoms with van der Waals surface area (Å²) < 4.78 is 13.7. The molecule has 0 rings (SSSR count). The quantitative estimate of drug-likeness (QED) is 0.246. The first-order chi connectivity index (χ1) is 15.5. The summed E-state index contributed by atoms with van der Waals surface area (Å²) in [5, 5.41) is 20.7. The Morgan fingerprint density at radius 1 is 0.686 bits per heavy atom. The van der Waals surface area contributed by atoms with Gasteiger partial charge in [-0.15, -0.1) is 0 Å². The van der Waals surface area contributed by atoms with Gasteiger partial charge < -0.3 is 24.0 Å². The molecular formula is C28H63NO4Si2. The second-order valence-electron chi connectivity index (χ2n) is 14.6. The number of nitrogens with zero attached hydrogens (tertiary/aromatic N) is 1. The van der Waals surface area contributed by atoms with Crippen molar-refractivity contribution < 1.29 is 19.1 Å². The van der Waals surface area contributed by atoms with E-state index in [2.05, 4.69) is 107 Å². The van der Waals surface area contributed by atoms with Crippen LogP contribution in [0.4, 0.5) is 0 Å². The molecule has 0 aliphatic carbocycles. The van der Waals surface area contributed by atoms with Crippen molar-refractivity contribution >= 4 is 16.6 Å². The number of aliphatic hydroxyl groups is 2. The van der Waals surface area contributed by atoms with E-state index in [0.717, 1.165) is 13.1 Å². The highest BCUT2D eigenvalue weighted by Crippen LogP contribution is 2.40. The Hall–Kier alpha value is 0.234. The minimum atomic E-state index is -1.98. The third-order valence-electron chi connectivity index (χ3n) is 8.92. The van der Waals surface area contributed by atoms with E-state index in [9.17, 15) is 10.2 Å².